The van der Waals surface area contributed by atoms with Crippen LogP contribution in [0.1, 0.15) is 36.0 Å². The minimum Gasteiger partial charge on any atom is -0.412 e. The van der Waals surface area contributed by atoms with Crippen LogP contribution >= 0.6 is 12.4 Å². The Morgan fingerprint density at radius 2 is 1.26 bits per heavy atom. The Bertz CT molecular complexity index is 1100. The minimum absolute atomic E-state index is 0. The number of likely N-dealkylation sites (tertiary alicyclic amines) is 1. The number of rotatable bonds is 5. The number of anilines is 2. The number of hydrogen-bond donors (Lipinski definition) is 0. The van der Waals surface area contributed by atoms with Crippen molar-refractivity contribution in [2.75, 3.05) is 31.1 Å². The summed E-state index contributed by atoms with van der Waals surface area (Å²) < 4.78 is 0. The summed E-state index contributed by atoms with van der Waals surface area (Å²) in [5.74, 6) is 0. The van der Waals surface area contributed by atoms with E-state index in [-0.39, 0.29) is 23.3 Å². The van der Waals surface area contributed by atoms with Gasteiger partial charge in [0.1, 0.15) is 0 Å². The molecule has 2 aliphatic rings. The van der Waals surface area contributed by atoms with Crippen molar-refractivity contribution in [1.29, 1.82) is 5.26 Å². The standard InChI is InChI=1S/C29H29N3.ClH.H2O/c30-23-29(26-11-2-1-3-12-26)17-21-31(22-18-29)19-8-20-32-27-13-6-4-9-24(27)15-16-25-10-5-7-14-28(25)32;;/h1-7,9-16H,8,17-22H2;1H;1H2. The van der Waals surface area contributed by atoms with Crippen LogP contribution in [0.15, 0.2) is 78.9 Å². The van der Waals surface area contributed by atoms with Gasteiger partial charge in [0, 0.05) is 17.9 Å². The van der Waals surface area contributed by atoms with Gasteiger partial charge in [-0.05, 0) is 67.7 Å². The SMILES string of the molecule is Cl.N#CC1(c2ccccc2)CCN(CCCN2c3ccccc3C=Cc3ccccc32)CC1.O. The van der Waals surface area contributed by atoms with Gasteiger partial charge in [0.25, 0.3) is 0 Å². The second-order valence-electron chi connectivity index (χ2n) is 8.86. The van der Waals surface area contributed by atoms with Crippen LogP contribution in [0.3, 0.4) is 0 Å². The first-order chi connectivity index (χ1) is 15.8. The van der Waals surface area contributed by atoms with E-state index in [4.69, 9.17) is 0 Å². The number of nitrogens with zero attached hydrogens (tertiary/aromatic N) is 3. The fraction of sp³-hybridized carbons (Fsp3) is 0.276. The fourth-order valence-corrected chi connectivity index (χ4v) is 5.13. The molecule has 0 unspecified atom stereocenters. The lowest BCUT2D eigenvalue weighted by molar-refractivity contribution is 0.185. The minimum atomic E-state index is -0.327. The van der Waals surface area contributed by atoms with Gasteiger partial charge in [0.05, 0.1) is 11.5 Å². The summed E-state index contributed by atoms with van der Waals surface area (Å²) in [7, 11) is 0. The van der Waals surface area contributed by atoms with Crippen LogP contribution in [-0.4, -0.2) is 36.6 Å². The molecule has 2 N–H and O–H groups in total. The van der Waals surface area contributed by atoms with Gasteiger partial charge in [-0.15, -0.1) is 12.4 Å². The van der Waals surface area contributed by atoms with Crippen LogP contribution in [0.5, 0.6) is 0 Å². The van der Waals surface area contributed by atoms with Crippen LogP contribution in [0, 0.1) is 11.3 Å². The summed E-state index contributed by atoms with van der Waals surface area (Å²) in [6.07, 6.45) is 7.36. The molecule has 4 nitrogen and oxygen atoms in total. The van der Waals surface area contributed by atoms with Crippen molar-refractivity contribution in [3.63, 3.8) is 0 Å². The third-order valence-electron chi connectivity index (χ3n) is 7.00. The molecule has 1 saturated heterocycles. The molecule has 5 rings (SSSR count). The molecule has 0 aromatic heterocycles. The maximum absolute atomic E-state index is 9.96. The van der Waals surface area contributed by atoms with E-state index < -0.39 is 0 Å². The highest BCUT2D eigenvalue weighted by atomic mass is 35.5. The third kappa shape index (κ3) is 5.03. The number of para-hydroxylation sites is 2. The van der Waals surface area contributed by atoms with E-state index in [1.165, 1.54) is 28.1 Å². The fourth-order valence-electron chi connectivity index (χ4n) is 5.13. The van der Waals surface area contributed by atoms with E-state index in [0.29, 0.717) is 0 Å². The van der Waals surface area contributed by atoms with Crippen molar-refractivity contribution in [2.45, 2.75) is 24.7 Å². The molecule has 3 aromatic carbocycles. The zero-order valence-corrected chi connectivity index (χ0v) is 20.2. The number of halogens is 1. The Morgan fingerprint density at radius 1 is 0.735 bits per heavy atom. The van der Waals surface area contributed by atoms with E-state index >= 15 is 0 Å². The highest BCUT2D eigenvalue weighted by Gasteiger charge is 2.36. The number of hydrogen-bond acceptors (Lipinski definition) is 3. The second kappa shape index (κ2) is 11.4. The molecule has 0 bridgehead atoms. The maximum atomic E-state index is 9.96. The van der Waals surface area contributed by atoms with Gasteiger partial charge in [-0.25, -0.2) is 0 Å². The molecule has 1 fully saturated rings. The molecule has 3 aromatic rings. The first-order valence-corrected chi connectivity index (χ1v) is 11.6. The van der Waals surface area contributed by atoms with Crippen molar-refractivity contribution in [3.8, 4) is 6.07 Å². The molecule has 2 heterocycles. The smallest absolute Gasteiger partial charge is 0.0846 e. The van der Waals surface area contributed by atoms with Crippen molar-refractivity contribution in [3.05, 3.63) is 95.6 Å². The summed E-state index contributed by atoms with van der Waals surface area (Å²) in [6.45, 7) is 4.01. The van der Waals surface area contributed by atoms with Crippen LogP contribution in [0.4, 0.5) is 11.4 Å². The van der Waals surface area contributed by atoms with Gasteiger partial charge in [0.15, 0.2) is 0 Å². The Hall–Kier alpha value is -3.10. The largest absolute Gasteiger partial charge is 0.412 e. The first-order valence-electron chi connectivity index (χ1n) is 11.6. The van der Waals surface area contributed by atoms with E-state index in [1.54, 1.807) is 0 Å². The molecule has 0 amide bonds. The average molecular weight is 474 g/mol. The summed E-state index contributed by atoms with van der Waals surface area (Å²) in [6, 6.07) is 30.3. The zero-order chi connectivity index (χ0) is 21.8. The highest BCUT2D eigenvalue weighted by Crippen LogP contribution is 2.37. The van der Waals surface area contributed by atoms with Gasteiger partial charge < -0.3 is 15.3 Å². The summed E-state index contributed by atoms with van der Waals surface area (Å²) >= 11 is 0. The molecule has 34 heavy (non-hydrogen) atoms. The van der Waals surface area contributed by atoms with Crippen LogP contribution < -0.4 is 4.90 Å². The van der Waals surface area contributed by atoms with E-state index in [9.17, 15) is 5.26 Å². The lowest BCUT2D eigenvalue weighted by Gasteiger charge is -2.38. The van der Waals surface area contributed by atoms with Crippen molar-refractivity contribution in [1.82, 2.24) is 4.90 Å². The Labute approximate surface area is 208 Å². The van der Waals surface area contributed by atoms with E-state index in [1.807, 2.05) is 18.2 Å². The van der Waals surface area contributed by atoms with E-state index in [0.717, 1.165) is 45.4 Å². The predicted molar refractivity (Wildman–Crippen MR) is 144 cm³/mol. The third-order valence-corrected chi connectivity index (χ3v) is 7.00. The second-order valence-corrected chi connectivity index (χ2v) is 8.86. The highest BCUT2D eigenvalue weighted by molar-refractivity contribution is 5.88. The number of piperidine rings is 1. The van der Waals surface area contributed by atoms with Crippen molar-refractivity contribution < 1.29 is 5.48 Å². The van der Waals surface area contributed by atoms with Crippen molar-refractivity contribution in [2.24, 2.45) is 0 Å². The maximum Gasteiger partial charge on any atom is 0.0846 e. The Morgan fingerprint density at radius 3 is 1.82 bits per heavy atom. The predicted octanol–water partition coefficient (Wildman–Crippen LogP) is 5.85. The van der Waals surface area contributed by atoms with Crippen LogP contribution in [0.2, 0.25) is 0 Å². The van der Waals surface area contributed by atoms with Gasteiger partial charge in [0.2, 0.25) is 0 Å². The average Bonchev–Trinajstić information content (AvgIpc) is 3.02. The molecule has 0 aliphatic carbocycles. The molecule has 0 saturated carbocycles. The molecular weight excluding hydrogens is 442 g/mol. The molecule has 2 aliphatic heterocycles. The van der Waals surface area contributed by atoms with E-state index in [2.05, 4.69) is 88.7 Å². The number of nitriles is 1. The zero-order valence-electron chi connectivity index (χ0n) is 19.4. The van der Waals surface area contributed by atoms with Gasteiger partial charge >= 0.3 is 0 Å². The van der Waals surface area contributed by atoms with Crippen molar-refractivity contribution >= 4 is 35.9 Å². The summed E-state index contributed by atoms with van der Waals surface area (Å²) in [5, 5.41) is 9.96. The quantitative estimate of drug-likeness (QED) is 0.466. The number of benzene rings is 3. The Kier molecular flexibility index (Phi) is 8.52. The molecule has 176 valence electrons. The normalized spacial score (nSPS) is 16.1. The van der Waals surface area contributed by atoms with Gasteiger partial charge in [-0.3, -0.25) is 0 Å². The molecule has 0 spiro atoms. The topological polar surface area (TPSA) is 61.8 Å². The lowest BCUT2D eigenvalue weighted by atomic mass is 9.74. The van der Waals surface area contributed by atoms with Crippen LogP contribution in [0.25, 0.3) is 12.2 Å². The monoisotopic (exact) mass is 473 g/mol. The summed E-state index contributed by atoms with van der Waals surface area (Å²) in [4.78, 5) is 5.00. The lowest BCUT2D eigenvalue weighted by Crippen LogP contribution is -2.42. The van der Waals surface area contributed by atoms with Crippen LogP contribution in [-0.2, 0) is 5.41 Å². The first kappa shape index (κ1) is 25.5. The molecule has 0 radical (unpaired) electrons. The van der Waals surface area contributed by atoms with Gasteiger partial charge in [-0.1, -0.05) is 78.9 Å². The molecule has 5 heteroatoms. The molecule has 0 atom stereocenters. The number of fused-ring (bicyclic) bond motifs is 2. The Balaban J connectivity index is 0.00000162. The summed E-state index contributed by atoms with van der Waals surface area (Å²) in [5.41, 5.74) is 5.94. The van der Waals surface area contributed by atoms with Gasteiger partial charge in [-0.2, -0.15) is 5.26 Å². The molecular formula is C29H32ClN3O.